The smallest absolute Gasteiger partial charge is 0.220 e. The SMILES string of the molecule is O=C(CCC(=O)c1ccc(F)cc1)NCCc1csc(-c2ccccc2)n1. The van der Waals surface area contributed by atoms with E-state index < -0.39 is 0 Å². The van der Waals surface area contributed by atoms with E-state index in [4.69, 9.17) is 0 Å². The lowest BCUT2D eigenvalue weighted by Crippen LogP contribution is -2.26. The van der Waals surface area contributed by atoms with Crippen molar-refractivity contribution in [2.75, 3.05) is 6.54 Å². The van der Waals surface area contributed by atoms with Gasteiger partial charge in [-0.1, -0.05) is 30.3 Å². The van der Waals surface area contributed by atoms with Gasteiger partial charge in [0.1, 0.15) is 10.8 Å². The van der Waals surface area contributed by atoms with Gasteiger partial charge in [0.15, 0.2) is 5.78 Å². The number of nitrogens with zero attached hydrogens (tertiary/aromatic N) is 1. The Kier molecular flexibility index (Phi) is 6.44. The molecule has 0 saturated heterocycles. The minimum absolute atomic E-state index is 0.103. The average molecular weight is 382 g/mol. The molecule has 138 valence electrons. The molecule has 0 atom stereocenters. The average Bonchev–Trinajstić information content (AvgIpc) is 3.16. The third-order valence-corrected chi connectivity index (χ3v) is 4.96. The van der Waals surface area contributed by atoms with E-state index in [0.29, 0.717) is 18.5 Å². The molecule has 1 aromatic heterocycles. The Morgan fingerprint density at radius 1 is 1.00 bits per heavy atom. The number of carbonyl (C=O) groups excluding carboxylic acids is 2. The fourth-order valence-corrected chi connectivity index (χ4v) is 3.42. The summed E-state index contributed by atoms with van der Waals surface area (Å²) in [5, 5.41) is 5.76. The number of aromatic nitrogens is 1. The van der Waals surface area contributed by atoms with Crippen LogP contribution in [-0.4, -0.2) is 23.2 Å². The van der Waals surface area contributed by atoms with Gasteiger partial charge >= 0.3 is 0 Å². The van der Waals surface area contributed by atoms with Crippen molar-refractivity contribution in [1.82, 2.24) is 10.3 Å². The topological polar surface area (TPSA) is 59.1 Å². The molecular weight excluding hydrogens is 363 g/mol. The molecule has 0 radical (unpaired) electrons. The first-order chi connectivity index (χ1) is 13.1. The van der Waals surface area contributed by atoms with Gasteiger partial charge in [-0.3, -0.25) is 9.59 Å². The largest absolute Gasteiger partial charge is 0.356 e. The van der Waals surface area contributed by atoms with Gasteiger partial charge in [-0.15, -0.1) is 11.3 Å². The van der Waals surface area contributed by atoms with Crippen LogP contribution < -0.4 is 5.32 Å². The van der Waals surface area contributed by atoms with E-state index in [-0.39, 0.29) is 30.3 Å². The Balaban J connectivity index is 1.40. The molecule has 0 saturated carbocycles. The maximum atomic E-state index is 12.9. The minimum atomic E-state index is -0.387. The number of amides is 1. The molecule has 27 heavy (non-hydrogen) atoms. The second-order valence-corrected chi connectivity index (χ2v) is 6.90. The van der Waals surface area contributed by atoms with Crippen LogP contribution in [0.15, 0.2) is 60.0 Å². The summed E-state index contributed by atoms with van der Waals surface area (Å²) in [6.45, 7) is 0.474. The summed E-state index contributed by atoms with van der Waals surface area (Å²) >= 11 is 1.58. The molecule has 3 aromatic rings. The van der Waals surface area contributed by atoms with Crippen molar-refractivity contribution in [2.24, 2.45) is 0 Å². The zero-order chi connectivity index (χ0) is 19.1. The highest BCUT2D eigenvalue weighted by Crippen LogP contribution is 2.23. The van der Waals surface area contributed by atoms with Crippen molar-refractivity contribution in [2.45, 2.75) is 19.3 Å². The van der Waals surface area contributed by atoms with Crippen LogP contribution in [0.2, 0.25) is 0 Å². The van der Waals surface area contributed by atoms with Crippen LogP contribution in [0.1, 0.15) is 28.9 Å². The van der Waals surface area contributed by atoms with Gasteiger partial charge in [0.25, 0.3) is 0 Å². The summed E-state index contributed by atoms with van der Waals surface area (Å²) in [7, 11) is 0. The predicted molar refractivity (Wildman–Crippen MR) is 104 cm³/mol. The predicted octanol–water partition coefficient (Wildman–Crippen LogP) is 4.27. The lowest BCUT2D eigenvalue weighted by atomic mass is 10.1. The number of Topliss-reactive ketones (excluding diaryl/α,β-unsaturated/α-hetero) is 1. The number of hydrogen-bond donors (Lipinski definition) is 1. The Morgan fingerprint density at radius 2 is 1.74 bits per heavy atom. The van der Waals surface area contributed by atoms with Crippen molar-refractivity contribution in [3.8, 4) is 10.6 Å². The molecular formula is C21H19FN2O2S. The number of halogens is 1. The maximum Gasteiger partial charge on any atom is 0.220 e. The Hall–Kier alpha value is -2.86. The molecule has 0 bridgehead atoms. The van der Waals surface area contributed by atoms with Crippen LogP contribution in [0.25, 0.3) is 10.6 Å². The lowest BCUT2D eigenvalue weighted by Gasteiger charge is -2.04. The number of rotatable bonds is 8. The maximum absolute atomic E-state index is 12.9. The first-order valence-corrected chi connectivity index (χ1v) is 9.55. The summed E-state index contributed by atoms with van der Waals surface area (Å²) in [5.74, 6) is -0.733. The van der Waals surface area contributed by atoms with Gasteiger partial charge in [0.05, 0.1) is 5.69 Å². The fraction of sp³-hybridized carbons (Fsp3) is 0.190. The molecule has 1 N–H and O–H groups in total. The number of carbonyl (C=O) groups is 2. The van der Waals surface area contributed by atoms with Gasteiger partial charge < -0.3 is 5.32 Å². The normalized spacial score (nSPS) is 10.6. The highest BCUT2D eigenvalue weighted by molar-refractivity contribution is 7.13. The van der Waals surface area contributed by atoms with E-state index in [9.17, 15) is 14.0 Å². The molecule has 3 rings (SSSR count). The van der Waals surface area contributed by atoms with Crippen LogP contribution in [-0.2, 0) is 11.2 Å². The van der Waals surface area contributed by atoms with Gasteiger partial charge in [-0.25, -0.2) is 9.37 Å². The summed E-state index contributed by atoms with van der Waals surface area (Å²) in [5.41, 5.74) is 2.43. The third kappa shape index (κ3) is 5.56. The first-order valence-electron chi connectivity index (χ1n) is 8.67. The Bertz CT molecular complexity index is 907. The molecule has 0 spiro atoms. The molecule has 2 aromatic carbocycles. The zero-order valence-electron chi connectivity index (χ0n) is 14.7. The van der Waals surface area contributed by atoms with E-state index in [1.54, 1.807) is 11.3 Å². The van der Waals surface area contributed by atoms with Crippen LogP contribution in [0.4, 0.5) is 4.39 Å². The molecule has 6 heteroatoms. The minimum Gasteiger partial charge on any atom is -0.356 e. The molecule has 1 heterocycles. The van der Waals surface area contributed by atoms with Crippen molar-refractivity contribution >= 4 is 23.0 Å². The van der Waals surface area contributed by atoms with E-state index in [0.717, 1.165) is 16.3 Å². The number of hydrogen-bond acceptors (Lipinski definition) is 4. The van der Waals surface area contributed by atoms with Gasteiger partial charge in [-0.2, -0.15) is 0 Å². The van der Waals surface area contributed by atoms with Gasteiger partial charge in [0.2, 0.25) is 5.91 Å². The standard InChI is InChI=1S/C21H19FN2O2S/c22-17-8-6-15(7-9-17)19(25)10-11-20(26)23-13-12-18-14-27-21(24-18)16-4-2-1-3-5-16/h1-9,14H,10-13H2,(H,23,26). The number of thiazole rings is 1. The van der Waals surface area contributed by atoms with Crippen molar-refractivity contribution < 1.29 is 14.0 Å². The Morgan fingerprint density at radius 3 is 2.48 bits per heavy atom. The third-order valence-electron chi connectivity index (χ3n) is 4.02. The van der Waals surface area contributed by atoms with Crippen molar-refractivity contribution in [3.63, 3.8) is 0 Å². The number of ketones is 1. The van der Waals surface area contributed by atoms with E-state index in [1.807, 2.05) is 35.7 Å². The number of benzene rings is 2. The number of nitrogens with one attached hydrogen (secondary N) is 1. The van der Waals surface area contributed by atoms with Crippen molar-refractivity contribution in [3.05, 3.63) is 77.1 Å². The summed E-state index contributed by atoms with van der Waals surface area (Å²) in [6.07, 6.45) is 0.857. The van der Waals surface area contributed by atoms with Crippen molar-refractivity contribution in [1.29, 1.82) is 0 Å². The second-order valence-electron chi connectivity index (χ2n) is 6.04. The van der Waals surface area contributed by atoms with Crippen LogP contribution in [0.3, 0.4) is 0 Å². The highest BCUT2D eigenvalue weighted by atomic mass is 32.1. The summed E-state index contributed by atoms with van der Waals surface area (Å²) in [6, 6.07) is 15.3. The van der Waals surface area contributed by atoms with Gasteiger partial charge in [0, 0.05) is 42.3 Å². The lowest BCUT2D eigenvalue weighted by molar-refractivity contribution is -0.121. The quantitative estimate of drug-likeness (QED) is 0.592. The molecule has 0 unspecified atom stereocenters. The van der Waals surface area contributed by atoms with Gasteiger partial charge in [-0.05, 0) is 24.3 Å². The molecule has 4 nitrogen and oxygen atoms in total. The van der Waals surface area contributed by atoms with Crippen LogP contribution >= 0.6 is 11.3 Å². The highest BCUT2D eigenvalue weighted by Gasteiger charge is 2.10. The molecule has 0 aliphatic carbocycles. The second kappa shape index (κ2) is 9.19. The van der Waals surface area contributed by atoms with E-state index in [1.165, 1.54) is 24.3 Å². The summed E-state index contributed by atoms with van der Waals surface area (Å²) < 4.78 is 12.9. The van der Waals surface area contributed by atoms with E-state index in [2.05, 4.69) is 10.3 Å². The fourth-order valence-electron chi connectivity index (χ4n) is 2.56. The zero-order valence-corrected chi connectivity index (χ0v) is 15.5. The van der Waals surface area contributed by atoms with Crippen LogP contribution in [0.5, 0.6) is 0 Å². The molecule has 1 amide bonds. The van der Waals surface area contributed by atoms with E-state index >= 15 is 0 Å². The Labute approximate surface area is 161 Å². The monoisotopic (exact) mass is 382 g/mol. The van der Waals surface area contributed by atoms with Crippen LogP contribution in [0, 0.1) is 5.82 Å². The summed E-state index contributed by atoms with van der Waals surface area (Å²) in [4.78, 5) is 28.5. The molecule has 0 aliphatic heterocycles. The molecule has 0 fully saturated rings. The first kappa shape index (κ1) is 18.9. The molecule has 0 aliphatic rings.